The first-order chi connectivity index (χ1) is 10.9. The summed E-state index contributed by atoms with van der Waals surface area (Å²) in [6.45, 7) is 8.20. The molecule has 4 N–H and O–H groups in total. The number of aliphatic hydroxyl groups excluding tert-OH is 1. The van der Waals surface area contributed by atoms with Crippen molar-refractivity contribution in [1.29, 1.82) is 0 Å². The van der Waals surface area contributed by atoms with Crippen LogP contribution in [0.5, 0.6) is 0 Å². The number of benzene rings is 1. The van der Waals surface area contributed by atoms with Crippen molar-refractivity contribution in [2.24, 2.45) is 0 Å². The number of aliphatic hydroxyl groups is 1. The van der Waals surface area contributed by atoms with Gasteiger partial charge in [-0.25, -0.2) is 9.59 Å². The van der Waals surface area contributed by atoms with Gasteiger partial charge in [-0.1, -0.05) is 23.7 Å². The highest BCUT2D eigenvalue weighted by atomic mass is 35.5. The van der Waals surface area contributed by atoms with Crippen LogP contribution in [0, 0.1) is 0 Å². The zero-order valence-corrected chi connectivity index (χ0v) is 14.9. The highest BCUT2D eigenvalue weighted by Crippen LogP contribution is 2.21. The summed E-state index contributed by atoms with van der Waals surface area (Å²) in [7, 11) is 0. The Labute approximate surface area is 146 Å². The van der Waals surface area contributed by atoms with Gasteiger partial charge in [-0.15, -0.1) is 0 Å². The molecule has 0 aliphatic heterocycles. The SMILES string of the molecule is CC(NC(C)(C)C)C(O)c1cccc(Cl)c1.O=C(O)/C=C\C(=O)O. The number of carboxylic acid groups (broad SMARTS) is 2. The molecule has 2 atom stereocenters. The van der Waals surface area contributed by atoms with Crippen LogP contribution < -0.4 is 5.32 Å². The lowest BCUT2D eigenvalue weighted by Gasteiger charge is -2.29. The first-order valence-electron chi connectivity index (χ1n) is 7.27. The molecular formula is C17H24ClNO5. The third-order valence-corrected chi connectivity index (χ3v) is 2.93. The van der Waals surface area contributed by atoms with E-state index in [0.717, 1.165) is 5.56 Å². The van der Waals surface area contributed by atoms with Crippen LogP contribution in [0.15, 0.2) is 36.4 Å². The Morgan fingerprint density at radius 1 is 1.17 bits per heavy atom. The number of hydrogen-bond donors (Lipinski definition) is 4. The second-order valence-electron chi connectivity index (χ2n) is 6.19. The lowest BCUT2D eigenvalue weighted by molar-refractivity contribution is -0.134. The lowest BCUT2D eigenvalue weighted by Crippen LogP contribution is -2.44. The van der Waals surface area contributed by atoms with Gasteiger partial charge in [0.15, 0.2) is 0 Å². The third kappa shape index (κ3) is 10.8. The molecule has 1 rings (SSSR count). The Hall–Kier alpha value is -1.89. The van der Waals surface area contributed by atoms with E-state index in [1.807, 2.05) is 19.1 Å². The van der Waals surface area contributed by atoms with Gasteiger partial charge in [0.25, 0.3) is 0 Å². The highest BCUT2D eigenvalue weighted by molar-refractivity contribution is 6.30. The van der Waals surface area contributed by atoms with Crippen LogP contribution >= 0.6 is 11.6 Å². The topological polar surface area (TPSA) is 107 Å². The van der Waals surface area contributed by atoms with Gasteiger partial charge in [-0.05, 0) is 45.4 Å². The summed E-state index contributed by atoms with van der Waals surface area (Å²) in [4.78, 5) is 19.1. The highest BCUT2D eigenvalue weighted by Gasteiger charge is 2.21. The van der Waals surface area contributed by atoms with Crippen molar-refractivity contribution in [3.8, 4) is 0 Å². The molecule has 1 aromatic carbocycles. The number of halogens is 1. The molecule has 0 aromatic heterocycles. The van der Waals surface area contributed by atoms with Gasteiger partial charge in [-0.3, -0.25) is 0 Å². The van der Waals surface area contributed by atoms with Gasteiger partial charge in [0.05, 0.1) is 6.10 Å². The van der Waals surface area contributed by atoms with Crippen molar-refractivity contribution >= 4 is 23.5 Å². The average Bonchev–Trinajstić information content (AvgIpc) is 2.43. The van der Waals surface area contributed by atoms with E-state index >= 15 is 0 Å². The van der Waals surface area contributed by atoms with E-state index < -0.39 is 18.0 Å². The summed E-state index contributed by atoms with van der Waals surface area (Å²) >= 11 is 5.90. The summed E-state index contributed by atoms with van der Waals surface area (Å²) in [6.07, 6.45) is 0.572. The normalized spacial score (nSPS) is 13.8. The molecule has 0 aliphatic carbocycles. The molecule has 0 saturated carbocycles. The van der Waals surface area contributed by atoms with Crippen LogP contribution in [-0.4, -0.2) is 38.8 Å². The van der Waals surface area contributed by atoms with E-state index in [9.17, 15) is 14.7 Å². The Kier molecular flexibility index (Phi) is 9.28. The molecule has 134 valence electrons. The first kappa shape index (κ1) is 22.1. The molecule has 0 aliphatic rings. The molecule has 0 fully saturated rings. The van der Waals surface area contributed by atoms with Crippen molar-refractivity contribution in [2.75, 3.05) is 0 Å². The summed E-state index contributed by atoms with van der Waals surface area (Å²) in [5, 5.41) is 29.8. The Balaban J connectivity index is 0.000000561. The van der Waals surface area contributed by atoms with Crippen LogP contribution in [0.1, 0.15) is 39.4 Å². The zero-order valence-electron chi connectivity index (χ0n) is 14.2. The molecular weight excluding hydrogens is 334 g/mol. The van der Waals surface area contributed by atoms with E-state index in [1.165, 1.54) is 0 Å². The molecule has 0 amide bonds. The predicted octanol–water partition coefficient (Wildman–Crippen LogP) is 2.86. The molecule has 0 saturated heterocycles. The summed E-state index contributed by atoms with van der Waals surface area (Å²) < 4.78 is 0. The fraction of sp³-hybridized carbons (Fsp3) is 0.412. The largest absolute Gasteiger partial charge is 0.478 e. The molecule has 24 heavy (non-hydrogen) atoms. The summed E-state index contributed by atoms with van der Waals surface area (Å²) in [5.41, 5.74) is 0.829. The second kappa shape index (κ2) is 10.1. The Bertz CT molecular complexity index is 565. The van der Waals surface area contributed by atoms with Gasteiger partial charge in [-0.2, -0.15) is 0 Å². The number of carbonyl (C=O) groups is 2. The van der Waals surface area contributed by atoms with Gasteiger partial charge in [0.2, 0.25) is 0 Å². The van der Waals surface area contributed by atoms with Crippen LogP contribution in [0.25, 0.3) is 0 Å². The van der Waals surface area contributed by atoms with Gasteiger partial charge in [0.1, 0.15) is 0 Å². The zero-order chi connectivity index (χ0) is 18.9. The number of carboxylic acids is 2. The molecule has 0 bridgehead atoms. The van der Waals surface area contributed by atoms with E-state index in [1.54, 1.807) is 12.1 Å². The fourth-order valence-electron chi connectivity index (χ4n) is 1.88. The van der Waals surface area contributed by atoms with Gasteiger partial charge >= 0.3 is 11.9 Å². The van der Waals surface area contributed by atoms with Crippen molar-refractivity contribution < 1.29 is 24.9 Å². The Morgan fingerprint density at radius 3 is 2.04 bits per heavy atom. The van der Waals surface area contributed by atoms with E-state index in [0.29, 0.717) is 17.2 Å². The molecule has 7 heteroatoms. The smallest absolute Gasteiger partial charge is 0.328 e. The standard InChI is InChI=1S/C13H20ClNO.C4H4O4/c1-9(15-13(2,3)4)12(16)10-6-5-7-11(14)8-10;5-3(6)1-2-4(7)8/h5-9,12,15-16H,1-4H3;1-2H,(H,5,6)(H,7,8)/b;2-1-. The molecule has 1 aromatic rings. The maximum atomic E-state index is 10.2. The molecule has 6 nitrogen and oxygen atoms in total. The maximum absolute atomic E-state index is 10.2. The van der Waals surface area contributed by atoms with E-state index in [4.69, 9.17) is 21.8 Å². The Morgan fingerprint density at radius 2 is 1.67 bits per heavy atom. The fourth-order valence-corrected chi connectivity index (χ4v) is 2.08. The van der Waals surface area contributed by atoms with Crippen LogP contribution in [-0.2, 0) is 9.59 Å². The minimum Gasteiger partial charge on any atom is -0.478 e. The maximum Gasteiger partial charge on any atom is 0.328 e. The minimum atomic E-state index is -1.26. The number of aliphatic carboxylic acids is 2. The van der Waals surface area contributed by atoms with Gasteiger partial charge in [0, 0.05) is 28.8 Å². The second-order valence-corrected chi connectivity index (χ2v) is 6.63. The monoisotopic (exact) mass is 357 g/mol. The molecule has 0 spiro atoms. The van der Waals surface area contributed by atoms with Crippen molar-refractivity contribution in [2.45, 2.75) is 45.4 Å². The molecule has 2 unspecified atom stereocenters. The van der Waals surface area contributed by atoms with Crippen LogP contribution in [0.4, 0.5) is 0 Å². The van der Waals surface area contributed by atoms with Crippen molar-refractivity contribution in [1.82, 2.24) is 5.32 Å². The number of rotatable bonds is 5. The van der Waals surface area contributed by atoms with Crippen molar-refractivity contribution in [3.05, 3.63) is 47.0 Å². The van der Waals surface area contributed by atoms with Gasteiger partial charge < -0.3 is 20.6 Å². The van der Waals surface area contributed by atoms with E-state index in [2.05, 4.69) is 26.1 Å². The number of nitrogens with one attached hydrogen (secondary N) is 1. The quantitative estimate of drug-likeness (QED) is 0.604. The summed E-state index contributed by atoms with van der Waals surface area (Å²) in [6, 6.07) is 7.33. The third-order valence-electron chi connectivity index (χ3n) is 2.69. The van der Waals surface area contributed by atoms with Crippen LogP contribution in [0.3, 0.4) is 0 Å². The number of hydrogen-bond acceptors (Lipinski definition) is 4. The molecule has 0 radical (unpaired) electrons. The summed E-state index contributed by atoms with van der Waals surface area (Å²) in [5.74, 6) is -2.51. The predicted molar refractivity (Wildman–Crippen MR) is 93.2 cm³/mol. The van der Waals surface area contributed by atoms with Crippen LogP contribution in [0.2, 0.25) is 5.02 Å². The minimum absolute atomic E-state index is 0.0149. The van der Waals surface area contributed by atoms with Crippen molar-refractivity contribution in [3.63, 3.8) is 0 Å². The molecule has 0 heterocycles. The van der Waals surface area contributed by atoms with E-state index in [-0.39, 0.29) is 11.6 Å². The lowest BCUT2D eigenvalue weighted by atomic mass is 10.00. The average molecular weight is 358 g/mol. The first-order valence-corrected chi connectivity index (χ1v) is 7.65.